The van der Waals surface area contributed by atoms with Crippen LogP contribution in [0, 0.1) is 0 Å². The fourth-order valence-corrected chi connectivity index (χ4v) is 0.635. The molecular formula is C6H11N3O. The second kappa shape index (κ2) is 3.87. The Bertz CT molecular complexity index is 162. The first-order valence-electron chi connectivity index (χ1n) is 3.44. The molecule has 0 bridgehead atoms. The van der Waals surface area contributed by atoms with Crippen molar-refractivity contribution in [3.63, 3.8) is 0 Å². The number of aromatic nitrogens is 2. The van der Waals surface area contributed by atoms with E-state index in [0.717, 1.165) is 13.0 Å². The summed E-state index contributed by atoms with van der Waals surface area (Å²) < 4.78 is 4.52. The van der Waals surface area contributed by atoms with Crippen LogP contribution in [0.1, 0.15) is 19.8 Å². The van der Waals surface area contributed by atoms with Crippen LogP contribution < -0.4 is 5.32 Å². The second-order valence-electron chi connectivity index (χ2n) is 2.07. The third-order valence-electron chi connectivity index (χ3n) is 1.20. The zero-order valence-electron chi connectivity index (χ0n) is 6.00. The minimum absolute atomic E-state index is 0.716. The van der Waals surface area contributed by atoms with Gasteiger partial charge in [0.05, 0.1) is 0 Å². The van der Waals surface area contributed by atoms with E-state index in [2.05, 4.69) is 27.1 Å². The van der Waals surface area contributed by atoms with E-state index in [1.54, 1.807) is 0 Å². The van der Waals surface area contributed by atoms with E-state index in [4.69, 9.17) is 0 Å². The second-order valence-corrected chi connectivity index (χ2v) is 2.07. The van der Waals surface area contributed by atoms with Gasteiger partial charge in [0.25, 0.3) is 0 Å². The molecule has 0 saturated carbocycles. The van der Waals surface area contributed by atoms with Crippen molar-refractivity contribution in [2.45, 2.75) is 19.8 Å². The molecule has 0 aliphatic rings. The minimum atomic E-state index is 0.716. The highest BCUT2D eigenvalue weighted by atomic mass is 16.5. The Balaban J connectivity index is 2.15. The number of hydrogen-bond donors (Lipinski definition) is 1. The molecule has 4 heteroatoms. The van der Waals surface area contributed by atoms with E-state index in [-0.39, 0.29) is 0 Å². The Labute approximate surface area is 59.6 Å². The molecule has 1 heterocycles. The molecule has 0 aromatic carbocycles. The summed E-state index contributed by atoms with van der Waals surface area (Å²) in [6.45, 7) is 3.08. The maximum Gasteiger partial charge on any atom is 0.190 e. The van der Waals surface area contributed by atoms with Crippen LogP contribution in [0.3, 0.4) is 0 Å². The van der Waals surface area contributed by atoms with Gasteiger partial charge in [-0.15, -0.1) is 0 Å². The van der Waals surface area contributed by atoms with Crippen LogP contribution in [0.5, 0.6) is 0 Å². The lowest BCUT2D eigenvalue weighted by Crippen LogP contribution is -2.00. The molecule has 1 N–H and O–H groups in total. The maximum absolute atomic E-state index is 4.52. The molecule has 0 aliphatic heterocycles. The van der Waals surface area contributed by atoms with Gasteiger partial charge < -0.3 is 9.84 Å². The van der Waals surface area contributed by atoms with Crippen molar-refractivity contribution < 1.29 is 4.52 Å². The predicted molar refractivity (Wildman–Crippen MR) is 37.7 cm³/mol. The molecule has 56 valence electrons. The molecule has 0 radical (unpaired) electrons. The van der Waals surface area contributed by atoms with E-state index in [1.807, 2.05) is 0 Å². The molecule has 0 spiro atoms. The molecule has 0 amide bonds. The number of unbranched alkanes of at least 4 members (excludes halogenated alkanes) is 1. The zero-order valence-corrected chi connectivity index (χ0v) is 6.00. The predicted octanol–water partition coefficient (Wildman–Crippen LogP) is 1.28. The van der Waals surface area contributed by atoms with Crippen LogP contribution in [0.2, 0.25) is 0 Å². The van der Waals surface area contributed by atoms with Gasteiger partial charge in [-0.1, -0.05) is 18.4 Å². The molecule has 0 atom stereocenters. The van der Waals surface area contributed by atoms with Gasteiger partial charge in [0, 0.05) is 11.8 Å². The average molecular weight is 141 g/mol. The van der Waals surface area contributed by atoms with Crippen LogP contribution >= 0.6 is 0 Å². The van der Waals surface area contributed by atoms with Crippen molar-refractivity contribution in [1.29, 1.82) is 0 Å². The van der Waals surface area contributed by atoms with Crippen molar-refractivity contribution in [2.75, 3.05) is 11.9 Å². The minimum Gasteiger partial charge on any atom is -0.366 e. The number of hydrogen-bond acceptors (Lipinski definition) is 4. The lowest BCUT2D eigenvalue weighted by atomic mass is 10.3. The van der Waals surface area contributed by atoms with Crippen molar-refractivity contribution in [3.05, 3.63) is 6.26 Å². The summed E-state index contributed by atoms with van der Waals surface area (Å²) in [5.74, 6) is 0.716. The maximum atomic E-state index is 4.52. The molecule has 0 aliphatic carbocycles. The van der Waals surface area contributed by atoms with E-state index in [0.29, 0.717) is 5.82 Å². The molecule has 0 saturated heterocycles. The Morgan fingerprint density at radius 1 is 1.70 bits per heavy atom. The summed E-state index contributed by atoms with van der Waals surface area (Å²) in [5, 5.41) is 10.0. The summed E-state index contributed by atoms with van der Waals surface area (Å²) in [5.41, 5.74) is 0. The van der Waals surface area contributed by atoms with Gasteiger partial charge in [-0.3, -0.25) is 0 Å². The van der Waals surface area contributed by atoms with Crippen LogP contribution in [0.4, 0.5) is 5.82 Å². The van der Waals surface area contributed by atoms with Gasteiger partial charge in [0.1, 0.15) is 0 Å². The normalized spacial score (nSPS) is 9.70. The highest BCUT2D eigenvalue weighted by Gasteiger charge is 1.92. The Kier molecular flexibility index (Phi) is 2.73. The largest absolute Gasteiger partial charge is 0.366 e. The van der Waals surface area contributed by atoms with Gasteiger partial charge >= 0.3 is 0 Å². The summed E-state index contributed by atoms with van der Waals surface area (Å²) in [6.07, 6.45) is 3.82. The summed E-state index contributed by atoms with van der Waals surface area (Å²) in [4.78, 5) is 0. The van der Waals surface area contributed by atoms with Crippen molar-refractivity contribution in [2.24, 2.45) is 0 Å². The SMILES string of the molecule is CCCCNc1conn1. The third-order valence-corrected chi connectivity index (χ3v) is 1.20. The Hall–Kier alpha value is -1.06. The van der Waals surface area contributed by atoms with Gasteiger partial charge in [-0.2, -0.15) is 0 Å². The highest BCUT2D eigenvalue weighted by molar-refractivity contribution is 5.26. The van der Waals surface area contributed by atoms with Gasteiger partial charge in [0.2, 0.25) is 0 Å². The first-order chi connectivity index (χ1) is 4.93. The van der Waals surface area contributed by atoms with E-state index in [9.17, 15) is 0 Å². The molecule has 0 fully saturated rings. The van der Waals surface area contributed by atoms with Gasteiger partial charge in [-0.25, -0.2) is 0 Å². The van der Waals surface area contributed by atoms with Gasteiger partial charge in [-0.05, 0) is 6.42 Å². The van der Waals surface area contributed by atoms with Crippen LogP contribution in [-0.4, -0.2) is 16.9 Å². The average Bonchev–Trinajstić information content (AvgIpc) is 2.41. The Morgan fingerprint density at radius 2 is 2.60 bits per heavy atom. The fraction of sp³-hybridized carbons (Fsp3) is 0.667. The van der Waals surface area contributed by atoms with Crippen LogP contribution in [0.15, 0.2) is 10.8 Å². The first kappa shape index (κ1) is 7.05. The Morgan fingerprint density at radius 3 is 3.20 bits per heavy atom. The number of nitrogens with zero attached hydrogens (tertiary/aromatic N) is 2. The van der Waals surface area contributed by atoms with Crippen molar-refractivity contribution in [1.82, 2.24) is 10.4 Å². The molecule has 1 rings (SSSR count). The number of nitrogens with one attached hydrogen (secondary N) is 1. The zero-order chi connectivity index (χ0) is 7.23. The van der Waals surface area contributed by atoms with Crippen molar-refractivity contribution >= 4 is 5.82 Å². The smallest absolute Gasteiger partial charge is 0.190 e. The lowest BCUT2D eigenvalue weighted by Gasteiger charge is -1.96. The van der Waals surface area contributed by atoms with E-state index < -0.39 is 0 Å². The summed E-state index contributed by atoms with van der Waals surface area (Å²) in [6, 6.07) is 0. The number of rotatable bonds is 4. The molecule has 4 nitrogen and oxygen atoms in total. The van der Waals surface area contributed by atoms with Gasteiger partial charge in [0.15, 0.2) is 12.1 Å². The first-order valence-corrected chi connectivity index (χ1v) is 3.44. The number of anilines is 1. The molecule has 1 aromatic heterocycles. The van der Waals surface area contributed by atoms with Crippen LogP contribution in [-0.2, 0) is 0 Å². The molecule has 0 unspecified atom stereocenters. The van der Waals surface area contributed by atoms with E-state index >= 15 is 0 Å². The van der Waals surface area contributed by atoms with Crippen LogP contribution in [0.25, 0.3) is 0 Å². The summed E-state index contributed by atoms with van der Waals surface area (Å²) >= 11 is 0. The topological polar surface area (TPSA) is 51.0 Å². The third kappa shape index (κ3) is 2.05. The van der Waals surface area contributed by atoms with Crippen molar-refractivity contribution in [3.8, 4) is 0 Å². The standard InChI is InChI=1S/C6H11N3O/c1-2-3-4-7-6-5-10-9-8-6/h5,7H,2-4H2,1H3. The lowest BCUT2D eigenvalue weighted by molar-refractivity contribution is 0.393. The molecule has 1 aromatic rings. The molecule has 10 heavy (non-hydrogen) atoms. The molecular weight excluding hydrogens is 130 g/mol. The van der Waals surface area contributed by atoms with E-state index in [1.165, 1.54) is 12.7 Å². The quantitative estimate of drug-likeness (QED) is 0.642. The summed E-state index contributed by atoms with van der Waals surface area (Å²) in [7, 11) is 0. The monoisotopic (exact) mass is 141 g/mol. The highest BCUT2D eigenvalue weighted by Crippen LogP contribution is 1.98. The fourth-order valence-electron chi connectivity index (χ4n) is 0.635.